The van der Waals surface area contributed by atoms with Crippen LogP contribution in [-0.2, 0) is 6.42 Å². The molecule has 0 amide bonds. The van der Waals surface area contributed by atoms with Crippen LogP contribution in [0, 0.1) is 5.92 Å². The molecule has 1 aliphatic heterocycles. The third-order valence-corrected chi connectivity index (χ3v) is 6.63. The van der Waals surface area contributed by atoms with Gasteiger partial charge in [0.25, 0.3) is 0 Å². The SMILES string of the molecule is CN1CCC(C2c3ccccc3C=C3CCCc4cccc2c43)CC1. The lowest BCUT2D eigenvalue weighted by Gasteiger charge is -2.36. The average molecular weight is 329 g/mol. The van der Waals surface area contributed by atoms with Gasteiger partial charge in [-0.3, -0.25) is 0 Å². The van der Waals surface area contributed by atoms with E-state index in [1.807, 2.05) is 0 Å². The van der Waals surface area contributed by atoms with Crippen LogP contribution in [0.15, 0.2) is 42.5 Å². The van der Waals surface area contributed by atoms with Gasteiger partial charge in [-0.25, -0.2) is 0 Å². The Morgan fingerprint density at radius 1 is 0.880 bits per heavy atom. The maximum Gasteiger partial charge on any atom is 0.0131 e. The summed E-state index contributed by atoms with van der Waals surface area (Å²) in [5.41, 5.74) is 9.41. The number of fused-ring (bicyclic) bond motifs is 1. The van der Waals surface area contributed by atoms with Crippen LogP contribution in [0.4, 0.5) is 0 Å². The van der Waals surface area contributed by atoms with Gasteiger partial charge in [0.2, 0.25) is 0 Å². The predicted molar refractivity (Wildman–Crippen MR) is 106 cm³/mol. The molecule has 1 fully saturated rings. The van der Waals surface area contributed by atoms with E-state index in [0.717, 1.165) is 5.92 Å². The fourth-order valence-corrected chi connectivity index (χ4v) is 5.37. The Hall–Kier alpha value is -1.86. The average Bonchev–Trinajstić information content (AvgIpc) is 2.79. The third kappa shape index (κ3) is 2.57. The molecule has 2 aromatic rings. The van der Waals surface area contributed by atoms with E-state index >= 15 is 0 Å². The first-order valence-electron chi connectivity index (χ1n) is 9.91. The van der Waals surface area contributed by atoms with Crippen molar-refractivity contribution in [2.24, 2.45) is 5.92 Å². The molecule has 0 spiro atoms. The number of nitrogens with zero attached hydrogens (tertiary/aromatic N) is 1. The molecule has 1 heterocycles. The summed E-state index contributed by atoms with van der Waals surface area (Å²) in [6.07, 6.45) is 8.91. The van der Waals surface area contributed by atoms with E-state index in [1.54, 1.807) is 27.8 Å². The van der Waals surface area contributed by atoms with Gasteiger partial charge in [-0.2, -0.15) is 0 Å². The van der Waals surface area contributed by atoms with Crippen LogP contribution in [0.1, 0.15) is 59.4 Å². The van der Waals surface area contributed by atoms with Gasteiger partial charge in [-0.15, -0.1) is 0 Å². The summed E-state index contributed by atoms with van der Waals surface area (Å²) in [5, 5.41) is 0. The zero-order valence-corrected chi connectivity index (χ0v) is 15.2. The molecule has 1 atom stereocenters. The standard InChI is InChI=1S/C24H27N/c1-25-14-12-18(13-15-25)24-21-10-3-2-6-19(21)16-20-9-4-7-17-8-5-11-22(24)23(17)20/h2-3,5-6,8,10-11,16,18,24H,4,7,9,12-15H2,1H3. The van der Waals surface area contributed by atoms with Gasteiger partial charge in [-0.1, -0.05) is 48.5 Å². The Bertz CT molecular complexity index is 824. The second kappa shape index (κ2) is 6.14. The van der Waals surface area contributed by atoms with Gasteiger partial charge >= 0.3 is 0 Å². The molecule has 1 nitrogen and oxygen atoms in total. The van der Waals surface area contributed by atoms with Crippen LogP contribution in [0.5, 0.6) is 0 Å². The number of hydrogen-bond acceptors (Lipinski definition) is 1. The summed E-state index contributed by atoms with van der Waals surface area (Å²) in [4.78, 5) is 2.49. The lowest BCUT2D eigenvalue weighted by atomic mass is 9.72. The van der Waals surface area contributed by atoms with Gasteiger partial charge < -0.3 is 4.90 Å². The van der Waals surface area contributed by atoms with Crippen molar-refractivity contribution in [1.82, 2.24) is 4.90 Å². The van der Waals surface area contributed by atoms with E-state index in [4.69, 9.17) is 0 Å². The third-order valence-electron chi connectivity index (χ3n) is 6.63. The van der Waals surface area contributed by atoms with Gasteiger partial charge in [0.15, 0.2) is 0 Å². The normalized spacial score (nSPS) is 23.4. The summed E-state index contributed by atoms with van der Waals surface area (Å²) in [6.45, 7) is 2.47. The molecule has 128 valence electrons. The first kappa shape index (κ1) is 15.4. The van der Waals surface area contributed by atoms with Crippen LogP contribution in [0.25, 0.3) is 11.6 Å². The Labute approximate surface area is 151 Å². The summed E-state index contributed by atoms with van der Waals surface area (Å²) in [6, 6.07) is 16.3. The fraction of sp³-hybridized carbons (Fsp3) is 0.417. The summed E-state index contributed by atoms with van der Waals surface area (Å²) < 4.78 is 0. The predicted octanol–water partition coefficient (Wildman–Crippen LogP) is 5.35. The highest BCUT2D eigenvalue weighted by Gasteiger charge is 2.34. The van der Waals surface area contributed by atoms with Crippen molar-refractivity contribution in [1.29, 1.82) is 0 Å². The zero-order valence-electron chi connectivity index (χ0n) is 15.2. The van der Waals surface area contributed by atoms with Crippen LogP contribution in [-0.4, -0.2) is 25.0 Å². The smallest absolute Gasteiger partial charge is 0.0131 e. The number of piperidine rings is 1. The Morgan fingerprint density at radius 2 is 1.68 bits per heavy atom. The minimum atomic E-state index is 0.562. The largest absolute Gasteiger partial charge is 0.306 e. The van der Waals surface area contributed by atoms with Crippen molar-refractivity contribution in [3.05, 3.63) is 70.3 Å². The van der Waals surface area contributed by atoms with Gasteiger partial charge in [0.05, 0.1) is 0 Å². The van der Waals surface area contributed by atoms with Crippen LogP contribution in [0.3, 0.4) is 0 Å². The number of benzene rings is 2. The van der Waals surface area contributed by atoms with Gasteiger partial charge in [0, 0.05) is 5.92 Å². The highest BCUT2D eigenvalue weighted by Crippen LogP contribution is 2.48. The molecule has 5 rings (SSSR count). The van der Waals surface area contributed by atoms with E-state index in [0.29, 0.717) is 5.92 Å². The molecule has 25 heavy (non-hydrogen) atoms. The molecule has 0 aromatic heterocycles. The molecule has 0 radical (unpaired) electrons. The van der Waals surface area contributed by atoms with E-state index in [-0.39, 0.29) is 0 Å². The first-order valence-corrected chi connectivity index (χ1v) is 9.91. The molecular formula is C24H27N. The van der Waals surface area contributed by atoms with Crippen molar-refractivity contribution in [3.8, 4) is 0 Å². The van der Waals surface area contributed by atoms with Crippen LogP contribution in [0.2, 0.25) is 0 Å². The first-order chi connectivity index (χ1) is 12.3. The van der Waals surface area contributed by atoms with Crippen molar-refractivity contribution in [2.45, 2.75) is 38.0 Å². The second-order valence-corrected chi connectivity index (χ2v) is 8.15. The maximum absolute atomic E-state index is 2.51. The number of aryl methyl sites for hydroxylation is 1. The van der Waals surface area contributed by atoms with Crippen molar-refractivity contribution >= 4 is 11.6 Å². The molecule has 0 bridgehead atoms. The lowest BCUT2D eigenvalue weighted by molar-refractivity contribution is 0.207. The minimum absolute atomic E-state index is 0.562. The molecule has 3 aliphatic rings. The van der Waals surface area contributed by atoms with E-state index in [1.165, 1.54) is 50.8 Å². The van der Waals surface area contributed by atoms with E-state index in [2.05, 4.69) is 60.5 Å². The molecule has 2 aromatic carbocycles. The second-order valence-electron chi connectivity index (χ2n) is 8.15. The molecule has 1 heteroatoms. The summed E-state index contributed by atoms with van der Waals surface area (Å²) in [5.74, 6) is 1.32. The fourth-order valence-electron chi connectivity index (χ4n) is 5.37. The molecular weight excluding hydrogens is 302 g/mol. The van der Waals surface area contributed by atoms with E-state index < -0.39 is 0 Å². The lowest BCUT2D eigenvalue weighted by Crippen LogP contribution is -2.33. The van der Waals surface area contributed by atoms with Crippen LogP contribution < -0.4 is 0 Å². The van der Waals surface area contributed by atoms with Gasteiger partial charge in [-0.05, 0) is 91.5 Å². The van der Waals surface area contributed by atoms with Crippen molar-refractivity contribution in [3.63, 3.8) is 0 Å². The molecule has 1 unspecified atom stereocenters. The number of likely N-dealkylation sites (tertiary alicyclic amines) is 1. The quantitative estimate of drug-likeness (QED) is 0.681. The number of rotatable bonds is 1. The Kier molecular flexibility index (Phi) is 3.78. The van der Waals surface area contributed by atoms with Gasteiger partial charge in [0.1, 0.15) is 0 Å². The number of allylic oxidation sites excluding steroid dienone is 1. The summed E-state index contributed by atoms with van der Waals surface area (Å²) in [7, 11) is 2.27. The van der Waals surface area contributed by atoms with E-state index in [9.17, 15) is 0 Å². The number of hydrogen-bond donors (Lipinski definition) is 0. The highest BCUT2D eigenvalue weighted by atomic mass is 15.1. The maximum atomic E-state index is 2.51. The monoisotopic (exact) mass is 329 g/mol. The Morgan fingerprint density at radius 3 is 2.56 bits per heavy atom. The summed E-state index contributed by atoms with van der Waals surface area (Å²) >= 11 is 0. The topological polar surface area (TPSA) is 3.24 Å². The Balaban J connectivity index is 1.71. The minimum Gasteiger partial charge on any atom is -0.306 e. The van der Waals surface area contributed by atoms with Crippen molar-refractivity contribution < 1.29 is 0 Å². The van der Waals surface area contributed by atoms with Crippen molar-refractivity contribution in [2.75, 3.05) is 20.1 Å². The zero-order chi connectivity index (χ0) is 16.8. The molecule has 2 aliphatic carbocycles. The molecule has 1 saturated heterocycles. The highest BCUT2D eigenvalue weighted by molar-refractivity contribution is 5.88. The molecule has 0 saturated carbocycles. The van der Waals surface area contributed by atoms with Crippen LogP contribution >= 0.6 is 0 Å². The molecule has 0 N–H and O–H groups in total.